The highest BCUT2D eigenvalue weighted by molar-refractivity contribution is 5.96. The fraction of sp³-hybridized carbons (Fsp3) is 0.276. The number of rotatable bonds is 9. The van der Waals surface area contributed by atoms with E-state index in [4.69, 9.17) is 4.42 Å². The highest BCUT2D eigenvalue weighted by atomic mass is 16.3. The summed E-state index contributed by atoms with van der Waals surface area (Å²) in [6.07, 6.45) is 5.97. The molecule has 0 fully saturated rings. The summed E-state index contributed by atoms with van der Waals surface area (Å²) in [5, 5.41) is 1.08. The van der Waals surface area contributed by atoms with Crippen LogP contribution in [0.5, 0.6) is 0 Å². The highest BCUT2D eigenvalue weighted by Crippen LogP contribution is 2.35. The van der Waals surface area contributed by atoms with E-state index in [0.29, 0.717) is 0 Å². The number of benzene rings is 3. The van der Waals surface area contributed by atoms with Gasteiger partial charge >= 0.3 is 0 Å². The molecule has 164 valence electrons. The van der Waals surface area contributed by atoms with Gasteiger partial charge in [0.25, 0.3) is 5.91 Å². The summed E-state index contributed by atoms with van der Waals surface area (Å²) in [6.45, 7) is 3.01. The number of furan rings is 1. The van der Waals surface area contributed by atoms with E-state index in [1.54, 1.807) is 0 Å². The number of carbonyl (C=O) groups is 1. The van der Waals surface area contributed by atoms with E-state index >= 15 is 0 Å². The third-order valence-electron chi connectivity index (χ3n) is 5.98. The lowest BCUT2D eigenvalue weighted by Gasteiger charge is -2.18. The number of unbranched alkanes of at least 4 members (excludes halogenated alkanes) is 4. The van der Waals surface area contributed by atoms with Gasteiger partial charge in [-0.25, -0.2) is 0 Å². The van der Waals surface area contributed by atoms with Crippen molar-refractivity contribution in [2.75, 3.05) is 13.6 Å². The van der Waals surface area contributed by atoms with Gasteiger partial charge in [0.05, 0.1) is 0 Å². The molecule has 1 heterocycles. The summed E-state index contributed by atoms with van der Waals surface area (Å²) in [4.78, 5) is 14.9. The van der Waals surface area contributed by atoms with Crippen LogP contribution in [0.4, 0.5) is 0 Å². The van der Waals surface area contributed by atoms with Crippen molar-refractivity contribution in [1.29, 1.82) is 0 Å². The molecule has 0 unspecified atom stereocenters. The second kappa shape index (κ2) is 10.3. The second-order valence-corrected chi connectivity index (χ2v) is 8.42. The van der Waals surface area contributed by atoms with Gasteiger partial charge in [0.15, 0.2) is 0 Å². The lowest BCUT2D eigenvalue weighted by atomic mass is 9.96. The van der Waals surface area contributed by atoms with E-state index < -0.39 is 0 Å². The molecule has 0 saturated heterocycles. The van der Waals surface area contributed by atoms with Crippen LogP contribution in [0.3, 0.4) is 0 Å². The maximum Gasteiger partial charge on any atom is 0.253 e. The Morgan fingerprint density at radius 1 is 0.812 bits per heavy atom. The predicted octanol–water partition coefficient (Wildman–Crippen LogP) is 7.81. The normalized spacial score (nSPS) is 11.1. The molecule has 0 spiro atoms. The van der Waals surface area contributed by atoms with E-state index in [0.717, 1.165) is 51.9 Å². The van der Waals surface area contributed by atoms with Crippen LogP contribution in [0.25, 0.3) is 33.4 Å². The first kappa shape index (κ1) is 21.9. The van der Waals surface area contributed by atoms with E-state index in [1.807, 2.05) is 60.5 Å². The van der Waals surface area contributed by atoms with E-state index in [-0.39, 0.29) is 5.91 Å². The van der Waals surface area contributed by atoms with Crippen molar-refractivity contribution >= 4 is 16.9 Å². The minimum absolute atomic E-state index is 0.0727. The van der Waals surface area contributed by atoms with Gasteiger partial charge in [-0.2, -0.15) is 0 Å². The van der Waals surface area contributed by atoms with Gasteiger partial charge in [-0.05, 0) is 41.8 Å². The summed E-state index contributed by atoms with van der Waals surface area (Å²) in [5.41, 5.74) is 4.70. The molecule has 0 N–H and O–H groups in total. The van der Waals surface area contributed by atoms with Crippen molar-refractivity contribution in [3.63, 3.8) is 0 Å². The van der Waals surface area contributed by atoms with Gasteiger partial charge in [-0.15, -0.1) is 0 Å². The Bertz CT molecular complexity index is 1160. The molecule has 0 radical (unpaired) electrons. The van der Waals surface area contributed by atoms with Gasteiger partial charge in [0.1, 0.15) is 11.3 Å². The first-order valence-electron chi connectivity index (χ1n) is 11.6. The zero-order valence-corrected chi connectivity index (χ0v) is 19.0. The van der Waals surface area contributed by atoms with Crippen molar-refractivity contribution in [2.45, 2.75) is 39.0 Å². The van der Waals surface area contributed by atoms with Crippen molar-refractivity contribution in [2.24, 2.45) is 0 Å². The minimum atomic E-state index is 0.0727. The second-order valence-electron chi connectivity index (χ2n) is 8.42. The smallest absolute Gasteiger partial charge is 0.253 e. The molecule has 0 bridgehead atoms. The minimum Gasteiger partial charge on any atom is -0.456 e. The van der Waals surface area contributed by atoms with E-state index in [2.05, 4.69) is 37.3 Å². The Kier molecular flexibility index (Phi) is 7.06. The molecule has 1 amide bonds. The summed E-state index contributed by atoms with van der Waals surface area (Å²) in [6, 6.07) is 26.3. The topological polar surface area (TPSA) is 33.5 Å². The molecule has 4 rings (SSSR count). The van der Waals surface area contributed by atoms with Crippen LogP contribution in [0.1, 0.15) is 49.4 Å². The molecule has 0 aliphatic carbocycles. The lowest BCUT2D eigenvalue weighted by molar-refractivity contribution is 0.0792. The standard InChI is InChI=1S/C29H31NO2/c1-3-4-5-6-11-19-30(2)29(31)24-15-12-14-22(20-24)25-16-8-9-17-26(25)28-21-23-13-7-10-18-27(23)32-28/h7-10,12-18,20-21H,3-6,11,19H2,1-2H3. The van der Waals surface area contributed by atoms with Crippen molar-refractivity contribution < 1.29 is 9.21 Å². The van der Waals surface area contributed by atoms with Gasteiger partial charge in [0.2, 0.25) is 0 Å². The fourth-order valence-electron chi connectivity index (χ4n) is 4.16. The van der Waals surface area contributed by atoms with Gasteiger partial charge in [0, 0.05) is 30.1 Å². The monoisotopic (exact) mass is 425 g/mol. The Hall–Kier alpha value is -3.33. The Morgan fingerprint density at radius 2 is 1.56 bits per heavy atom. The molecule has 0 aliphatic heterocycles. The Labute approximate surface area is 190 Å². The maximum atomic E-state index is 13.0. The summed E-state index contributed by atoms with van der Waals surface area (Å²) < 4.78 is 6.13. The summed E-state index contributed by atoms with van der Waals surface area (Å²) in [5.74, 6) is 0.909. The van der Waals surface area contributed by atoms with Crippen LogP contribution in [0.15, 0.2) is 83.3 Å². The van der Waals surface area contributed by atoms with Crippen LogP contribution in [-0.2, 0) is 0 Å². The molecule has 3 heteroatoms. The molecule has 4 aromatic rings. The molecule has 1 aromatic heterocycles. The molecule has 32 heavy (non-hydrogen) atoms. The summed E-state index contributed by atoms with van der Waals surface area (Å²) in [7, 11) is 1.90. The number of amides is 1. The number of fused-ring (bicyclic) bond motifs is 1. The van der Waals surface area contributed by atoms with Crippen LogP contribution < -0.4 is 0 Å². The Morgan fingerprint density at radius 3 is 2.38 bits per heavy atom. The Balaban J connectivity index is 1.57. The van der Waals surface area contributed by atoms with Crippen LogP contribution in [0.2, 0.25) is 0 Å². The third-order valence-corrected chi connectivity index (χ3v) is 5.98. The molecule has 3 nitrogen and oxygen atoms in total. The van der Waals surface area contributed by atoms with Gasteiger partial charge in [-0.1, -0.05) is 87.2 Å². The maximum absolute atomic E-state index is 13.0. The summed E-state index contributed by atoms with van der Waals surface area (Å²) >= 11 is 0. The number of carbonyl (C=O) groups excluding carboxylic acids is 1. The van der Waals surface area contributed by atoms with Crippen LogP contribution >= 0.6 is 0 Å². The SMILES string of the molecule is CCCCCCCN(C)C(=O)c1cccc(-c2ccccc2-c2cc3ccccc3o2)c1. The zero-order chi connectivity index (χ0) is 22.3. The average molecular weight is 426 g/mol. The number of hydrogen-bond donors (Lipinski definition) is 0. The highest BCUT2D eigenvalue weighted by Gasteiger charge is 2.15. The number of para-hydroxylation sites is 1. The van der Waals surface area contributed by atoms with E-state index in [1.165, 1.54) is 25.7 Å². The first-order valence-corrected chi connectivity index (χ1v) is 11.6. The van der Waals surface area contributed by atoms with Crippen LogP contribution in [0, 0.1) is 0 Å². The molecule has 3 aromatic carbocycles. The number of hydrogen-bond acceptors (Lipinski definition) is 2. The predicted molar refractivity (Wildman–Crippen MR) is 133 cm³/mol. The molecule has 0 atom stereocenters. The quantitative estimate of drug-likeness (QED) is 0.256. The first-order chi connectivity index (χ1) is 15.7. The molecule has 0 aliphatic rings. The largest absolute Gasteiger partial charge is 0.456 e. The number of nitrogens with zero attached hydrogens (tertiary/aromatic N) is 1. The van der Waals surface area contributed by atoms with Gasteiger partial charge < -0.3 is 9.32 Å². The van der Waals surface area contributed by atoms with Gasteiger partial charge in [-0.3, -0.25) is 4.79 Å². The van der Waals surface area contributed by atoms with Crippen molar-refractivity contribution in [1.82, 2.24) is 4.90 Å². The zero-order valence-electron chi connectivity index (χ0n) is 19.0. The molecule has 0 saturated carbocycles. The van der Waals surface area contributed by atoms with Crippen LogP contribution in [-0.4, -0.2) is 24.4 Å². The van der Waals surface area contributed by atoms with E-state index in [9.17, 15) is 4.79 Å². The van der Waals surface area contributed by atoms with Crippen molar-refractivity contribution in [3.05, 3.63) is 84.4 Å². The average Bonchev–Trinajstić information content (AvgIpc) is 3.27. The van der Waals surface area contributed by atoms with Crippen molar-refractivity contribution in [3.8, 4) is 22.5 Å². The fourth-order valence-corrected chi connectivity index (χ4v) is 4.16. The molecular weight excluding hydrogens is 394 g/mol. The molecular formula is C29H31NO2. The lowest BCUT2D eigenvalue weighted by Crippen LogP contribution is -2.27. The third kappa shape index (κ3) is 4.94.